The van der Waals surface area contributed by atoms with Crippen LogP contribution in [0.2, 0.25) is 0 Å². The van der Waals surface area contributed by atoms with Gasteiger partial charge in [0.2, 0.25) is 0 Å². The van der Waals surface area contributed by atoms with Crippen LogP contribution < -0.4 is 0 Å². The quantitative estimate of drug-likeness (QED) is 0.439. The summed E-state index contributed by atoms with van der Waals surface area (Å²) in [6.07, 6.45) is 1.75. The number of imide groups is 1. The largest absolute Gasteiger partial charge is 0.478 e. The Hall–Kier alpha value is -3.10. The van der Waals surface area contributed by atoms with Gasteiger partial charge in [0.1, 0.15) is 0 Å². The van der Waals surface area contributed by atoms with Crippen LogP contribution in [-0.2, 0) is 11.3 Å². The van der Waals surface area contributed by atoms with E-state index in [-0.39, 0.29) is 23.3 Å². The molecule has 0 atom stereocenters. The molecule has 1 fully saturated rings. The highest BCUT2D eigenvalue weighted by Crippen LogP contribution is 2.34. The average molecular weight is 511 g/mol. The number of carboxylic acids is 1. The lowest BCUT2D eigenvalue weighted by atomic mass is 10.2. The Balaban J connectivity index is 1.61. The van der Waals surface area contributed by atoms with Gasteiger partial charge in [0, 0.05) is 21.5 Å². The fourth-order valence-electron chi connectivity index (χ4n) is 3.63. The van der Waals surface area contributed by atoms with Crippen LogP contribution >= 0.6 is 27.7 Å². The van der Waals surface area contributed by atoms with Crippen LogP contribution in [0.1, 0.15) is 32.9 Å². The summed E-state index contributed by atoms with van der Waals surface area (Å²) in [4.78, 5) is 38.1. The molecule has 2 amide bonds. The summed E-state index contributed by atoms with van der Waals surface area (Å²) < 4.78 is 2.92. The number of aromatic carboxylic acids is 1. The zero-order valence-electron chi connectivity index (χ0n) is 17.3. The van der Waals surface area contributed by atoms with E-state index in [1.165, 1.54) is 4.90 Å². The first-order valence-corrected chi connectivity index (χ1v) is 11.4. The number of benzene rings is 2. The first-order chi connectivity index (χ1) is 15.2. The summed E-state index contributed by atoms with van der Waals surface area (Å²) in [6.45, 7) is 4.09. The molecule has 1 aliphatic heterocycles. The molecule has 0 unspecified atom stereocenters. The third-order valence-corrected chi connectivity index (χ3v) is 6.69. The fraction of sp³-hybridized carbons (Fsp3) is 0.125. The molecule has 0 radical (unpaired) electrons. The van der Waals surface area contributed by atoms with Gasteiger partial charge in [-0.05, 0) is 85.3 Å². The minimum absolute atomic E-state index is 0.218. The summed E-state index contributed by atoms with van der Waals surface area (Å²) in [5.41, 5.74) is 4.58. The van der Waals surface area contributed by atoms with Crippen molar-refractivity contribution in [2.45, 2.75) is 20.4 Å². The predicted octanol–water partition coefficient (Wildman–Crippen LogP) is 5.79. The molecule has 0 saturated carbocycles. The Morgan fingerprint density at radius 3 is 2.34 bits per heavy atom. The van der Waals surface area contributed by atoms with Gasteiger partial charge in [0.25, 0.3) is 11.1 Å². The van der Waals surface area contributed by atoms with Crippen LogP contribution in [0.25, 0.3) is 11.8 Å². The van der Waals surface area contributed by atoms with Crippen LogP contribution in [0.4, 0.5) is 4.79 Å². The van der Waals surface area contributed by atoms with E-state index in [4.69, 9.17) is 5.11 Å². The van der Waals surface area contributed by atoms with E-state index in [0.29, 0.717) is 4.91 Å². The maximum absolute atomic E-state index is 12.9. The van der Waals surface area contributed by atoms with E-state index in [1.807, 2.05) is 48.7 Å². The number of hydrogen-bond acceptors (Lipinski definition) is 4. The first-order valence-electron chi connectivity index (χ1n) is 9.77. The number of amides is 2. The Labute approximate surface area is 197 Å². The number of carboxylic acid groups (broad SMARTS) is 1. The van der Waals surface area contributed by atoms with E-state index in [9.17, 15) is 14.4 Å². The van der Waals surface area contributed by atoms with Gasteiger partial charge in [-0.2, -0.15) is 0 Å². The normalized spacial score (nSPS) is 15.1. The molecule has 1 saturated heterocycles. The summed E-state index contributed by atoms with van der Waals surface area (Å²) in [5, 5.41) is 8.82. The topological polar surface area (TPSA) is 79.6 Å². The van der Waals surface area contributed by atoms with Crippen LogP contribution in [-0.4, -0.2) is 31.7 Å². The summed E-state index contributed by atoms with van der Waals surface area (Å²) in [6, 6.07) is 16.1. The summed E-state index contributed by atoms with van der Waals surface area (Å²) in [5.74, 6) is -1.28. The van der Waals surface area contributed by atoms with E-state index in [1.54, 1.807) is 30.3 Å². The van der Waals surface area contributed by atoms with Crippen LogP contribution in [0.5, 0.6) is 0 Å². The molecule has 1 N–H and O–H groups in total. The van der Waals surface area contributed by atoms with Crippen molar-refractivity contribution >= 4 is 50.9 Å². The minimum Gasteiger partial charge on any atom is -0.478 e. The van der Waals surface area contributed by atoms with Crippen LogP contribution in [0.3, 0.4) is 0 Å². The SMILES string of the molecule is Cc1cc(/C=C2\SC(=O)N(Cc3ccc(Br)cc3)C2=O)c(C)n1-c1ccc(C(=O)O)cc1. The van der Waals surface area contributed by atoms with Crippen molar-refractivity contribution in [2.75, 3.05) is 0 Å². The van der Waals surface area contributed by atoms with Crippen LogP contribution in [0.15, 0.2) is 64.0 Å². The average Bonchev–Trinajstić information content (AvgIpc) is 3.19. The van der Waals surface area contributed by atoms with Gasteiger partial charge in [0.05, 0.1) is 17.0 Å². The van der Waals surface area contributed by atoms with Gasteiger partial charge in [0.15, 0.2) is 0 Å². The van der Waals surface area contributed by atoms with Gasteiger partial charge in [-0.3, -0.25) is 14.5 Å². The molecule has 0 aliphatic carbocycles. The van der Waals surface area contributed by atoms with E-state index in [0.717, 1.165) is 44.4 Å². The van der Waals surface area contributed by atoms with Gasteiger partial charge in [-0.25, -0.2) is 4.79 Å². The van der Waals surface area contributed by atoms with Crippen molar-refractivity contribution in [1.82, 2.24) is 9.47 Å². The zero-order valence-corrected chi connectivity index (χ0v) is 19.7. The van der Waals surface area contributed by atoms with E-state index >= 15 is 0 Å². The van der Waals surface area contributed by atoms with Crippen LogP contribution in [0, 0.1) is 13.8 Å². The second-order valence-electron chi connectivity index (χ2n) is 7.41. The molecule has 2 aromatic carbocycles. The highest BCUT2D eigenvalue weighted by molar-refractivity contribution is 9.10. The second kappa shape index (κ2) is 8.80. The molecular formula is C24H19BrN2O4S. The maximum Gasteiger partial charge on any atom is 0.335 e. The van der Waals surface area contributed by atoms with E-state index < -0.39 is 5.97 Å². The van der Waals surface area contributed by atoms with Crippen molar-refractivity contribution in [3.05, 3.63) is 92.1 Å². The van der Waals surface area contributed by atoms with E-state index in [2.05, 4.69) is 15.9 Å². The second-order valence-corrected chi connectivity index (χ2v) is 9.32. The number of nitrogens with zero attached hydrogens (tertiary/aromatic N) is 2. The molecule has 1 aromatic heterocycles. The summed E-state index contributed by atoms with van der Waals surface area (Å²) >= 11 is 4.32. The van der Waals surface area contributed by atoms with Crippen molar-refractivity contribution in [1.29, 1.82) is 0 Å². The molecule has 4 rings (SSSR count). The number of aryl methyl sites for hydroxylation is 1. The Bertz CT molecular complexity index is 1260. The molecule has 3 aromatic rings. The van der Waals surface area contributed by atoms with Crippen molar-refractivity contribution < 1.29 is 19.5 Å². The van der Waals surface area contributed by atoms with Gasteiger partial charge in [-0.1, -0.05) is 28.1 Å². The number of carbonyl (C=O) groups excluding carboxylic acids is 2. The first kappa shape index (κ1) is 22.1. The monoisotopic (exact) mass is 510 g/mol. The zero-order chi connectivity index (χ0) is 23.0. The number of hydrogen-bond donors (Lipinski definition) is 1. The number of carbonyl (C=O) groups is 3. The Morgan fingerprint density at radius 2 is 1.72 bits per heavy atom. The molecule has 2 heterocycles. The summed E-state index contributed by atoms with van der Waals surface area (Å²) in [7, 11) is 0. The van der Waals surface area contributed by atoms with Crippen molar-refractivity contribution in [3.8, 4) is 5.69 Å². The molecule has 0 bridgehead atoms. The highest BCUT2D eigenvalue weighted by Gasteiger charge is 2.35. The van der Waals surface area contributed by atoms with Crippen molar-refractivity contribution in [2.24, 2.45) is 0 Å². The number of thioether (sulfide) groups is 1. The lowest BCUT2D eigenvalue weighted by molar-refractivity contribution is -0.123. The molecule has 8 heteroatoms. The maximum atomic E-state index is 12.9. The van der Waals surface area contributed by atoms with Gasteiger partial charge < -0.3 is 9.67 Å². The lowest BCUT2D eigenvalue weighted by Gasteiger charge is -2.12. The highest BCUT2D eigenvalue weighted by atomic mass is 79.9. The molecular weight excluding hydrogens is 492 g/mol. The number of rotatable bonds is 5. The molecule has 6 nitrogen and oxygen atoms in total. The number of halogens is 1. The Morgan fingerprint density at radius 1 is 1.06 bits per heavy atom. The third kappa shape index (κ3) is 4.28. The van der Waals surface area contributed by atoms with Gasteiger partial charge in [-0.15, -0.1) is 0 Å². The Kier molecular flexibility index (Phi) is 6.08. The smallest absolute Gasteiger partial charge is 0.335 e. The minimum atomic E-state index is -0.975. The standard InChI is InChI=1S/C24H19BrN2O4S/c1-14-11-18(15(2)27(14)20-9-5-17(6-10-20)23(29)30)12-21-22(28)26(24(31)32-21)13-16-3-7-19(25)8-4-16/h3-12H,13H2,1-2H3,(H,29,30)/b21-12-. The molecule has 32 heavy (non-hydrogen) atoms. The molecule has 0 spiro atoms. The lowest BCUT2D eigenvalue weighted by Crippen LogP contribution is -2.27. The number of aromatic nitrogens is 1. The molecule has 1 aliphatic rings. The molecule has 162 valence electrons. The predicted molar refractivity (Wildman–Crippen MR) is 128 cm³/mol. The fourth-order valence-corrected chi connectivity index (χ4v) is 4.73. The van der Waals surface area contributed by atoms with Gasteiger partial charge >= 0.3 is 5.97 Å². The third-order valence-electron chi connectivity index (χ3n) is 5.26. The van der Waals surface area contributed by atoms with Crippen molar-refractivity contribution in [3.63, 3.8) is 0 Å².